The zero-order valence-electron chi connectivity index (χ0n) is 21.5. The number of fused-ring (bicyclic) bond motifs is 1. The molecular formula is C30H33N3O5. The number of carbonyl (C=O) groups is 1. The molecule has 2 aromatic carbocycles. The number of aliphatic hydroxyl groups excluding tert-OH is 2. The fourth-order valence-electron chi connectivity index (χ4n) is 5.25. The topological polar surface area (TPSA) is 119 Å². The predicted octanol–water partition coefficient (Wildman–Crippen LogP) is 4.36. The number of piperidine rings is 1. The highest BCUT2D eigenvalue weighted by Crippen LogP contribution is 2.31. The van der Waals surface area contributed by atoms with Gasteiger partial charge in [0.1, 0.15) is 23.2 Å². The molecular weight excluding hydrogens is 482 g/mol. The summed E-state index contributed by atoms with van der Waals surface area (Å²) >= 11 is 0. The SMILES string of the molecule is C/C(=C(/C#N)C(=O)NCC1CC(O)CC(O)O1)c1ccc(-c2ccc3cc(N4CCCCC4)ccc3c2)o1. The number of nitriles is 1. The third kappa shape index (κ3) is 5.76. The van der Waals surface area contributed by atoms with Crippen LogP contribution < -0.4 is 10.2 Å². The lowest BCUT2D eigenvalue weighted by molar-refractivity contribution is -0.187. The fourth-order valence-corrected chi connectivity index (χ4v) is 5.25. The summed E-state index contributed by atoms with van der Waals surface area (Å²) in [7, 11) is 0. The summed E-state index contributed by atoms with van der Waals surface area (Å²) in [6, 6.07) is 18.3. The Kier molecular flexibility index (Phi) is 7.79. The van der Waals surface area contributed by atoms with Gasteiger partial charge in [-0.05, 0) is 67.3 Å². The second-order valence-electron chi connectivity index (χ2n) is 10.1. The van der Waals surface area contributed by atoms with Gasteiger partial charge in [0, 0.05) is 49.3 Å². The van der Waals surface area contributed by atoms with Crippen LogP contribution in [0.15, 0.2) is 58.5 Å². The van der Waals surface area contributed by atoms with Gasteiger partial charge < -0.3 is 29.6 Å². The Bertz CT molecular complexity index is 1370. The van der Waals surface area contributed by atoms with Gasteiger partial charge in [-0.1, -0.05) is 18.2 Å². The number of rotatable bonds is 6. The van der Waals surface area contributed by atoms with E-state index in [-0.39, 0.29) is 18.5 Å². The third-order valence-corrected chi connectivity index (χ3v) is 7.37. The minimum Gasteiger partial charge on any atom is -0.456 e. The zero-order valence-corrected chi connectivity index (χ0v) is 21.5. The Morgan fingerprint density at radius 2 is 1.82 bits per heavy atom. The van der Waals surface area contributed by atoms with E-state index in [1.807, 2.05) is 18.2 Å². The van der Waals surface area contributed by atoms with Crippen LogP contribution in [0.1, 0.15) is 44.8 Å². The van der Waals surface area contributed by atoms with E-state index in [1.54, 1.807) is 13.0 Å². The van der Waals surface area contributed by atoms with E-state index in [9.17, 15) is 20.3 Å². The van der Waals surface area contributed by atoms with Crippen LogP contribution in [0.2, 0.25) is 0 Å². The maximum Gasteiger partial charge on any atom is 0.262 e. The minimum atomic E-state index is -1.07. The molecule has 1 aromatic heterocycles. The van der Waals surface area contributed by atoms with E-state index in [0.717, 1.165) is 24.0 Å². The van der Waals surface area contributed by atoms with Crippen molar-refractivity contribution in [3.63, 3.8) is 0 Å². The van der Waals surface area contributed by atoms with Crippen molar-refractivity contribution in [3.05, 3.63) is 59.9 Å². The Balaban J connectivity index is 1.30. The highest BCUT2D eigenvalue weighted by atomic mass is 16.6. The lowest BCUT2D eigenvalue weighted by atomic mass is 10.0. The van der Waals surface area contributed by atoms with E-state index < -0.39 is 24.4 Å². The lowest BCUT2D eigenvalue weighted by Gasteiger charge is -2.30. The largest absolute Gasteiger partial charge is 0.456 e. The second kappa shape index (κ2) is 11.4. The molecule has 2 aliphatic rings. The number of anilines is 1. The van der Waals surface area contributed by atoms with E-state index in [0.29, 0.717) is 23.5 Å². The Labute approximate surface area is 222 Å². The van der Waals surface area contributed by atoms with Crippen LogP contribution in [0.5, 0.6) is 0 Å². The number of hydrogen-bond donors (Lipinski definition) is 3. The molecule has 0 bridgehead atoms. The minimum absolute atomic E-state index is 0.0634. The van der Waals surface area contributed by atoms with Crippen LogP contribution in [0.4, 0.5) is 5.69 Å². The summed E-state index contributed by atoms with van der Waals surface area (Å²) in [5.41, 5.74) is 2.53. The molecule has 198 valence electrons. The number of nitrogens with one attached hydrogen (secondary N) is 1. The van der Waals surface area contributed by atoms with Crippen molar-refractivity contribution in [3.8, 4) is 17.4 Å². The summed E-state index contributed by atoms with van der Waals surface area (Å²) in [5, 5.41) is 34.1. The van der Waals surface area contributed by atoms with Crippen molar-refractivity contribution in [2.45, 2.75) is 57.5 Å². The van der Waals surface area contributed by atoms with Gasteiger partial charge in [-0.3, -0.25) is 4.79 Å². The molecule has 3 unspecified atom stereocenters. The Hall–Kier alpha value is -3.64. The van der Waals surface area contributed by atoms with Crippen molar-refractivity contribution in [1.82, 2.24) is 5.32 Å². The van der Waals surface area contributed by atoms with E-state index in [4.69, 9.17) is 9.15 Å². The van der Waals surface area contributed by atoms with Gasteiger partial charge in [-0.2, -0.15) is 5.26 Å². The smallest absolute Gasteiger partial charge is 0.262 e. The van der Waals surface area contributed by atoms with Gasteiger partial charge in [-0.25, -0.2) is 0 Å². The van der Waals surface area contributed by atoms with Crippen molar-refractivity contribution in [1.29, 1.82) is 5.26 Å². The molecule has 0 radical (unpaired) electrons. The standard InChI is InChI=1S/C30H33N3O5/c1-19(26(17-31)30(36)32-18-25-15-24(34)16-29(35)37-25)27-9-10-28(38-27)22-6-5-21-14-23(8-7-20(21)13-22)33-11-3-2-4-12-33/h5-10,13-14,24-25,29,34-35H,2-4,11-12,15-16,18H2,1H3,(H,32,36)/b26-19+. The first kappa shape index (κ1) is 26.0. The van der Waals surface area contributed by atoms with Gasteiger partial charge in [0.2, 0.25) is 0 Å². The highest BCUT2D eigenvalue weighted by Gasteiger charge is 2.28. The summed E-state index contributed by atoms with van der Waals surface area (Å²) in [5.74, 6) is 0.529. The average Bonchev–Trinajstić information content (AvgIpc) is 3.42. The number of nitrogens with zero attached hydrogens (tertiary/aromatic N) is 2. The van der Waals surface area contributed by atoms with Crippen LogP contribution in [0, 0.1) is 11.3 Å². The molecule has 1 amide bonds. The van der Waals surface area contributed by atoms with Crippen molar-refractivity contribution in [2.24, 2.45) is 0 Å². The van der Waals surface area contributed by atoms with Crippen LogP contribution in [-0.4, -0.2) is 54.3 Å². The first-order valence-electron chi connectivity index (χ1n) is 13.2. The average molecular weight is 516 g/mol. The molecule has 5 rings (SSSR count). The molecule has 3 atom stereocenters. The number of benzene rings is 2. The van der Waals surface area contributed by atoms with Gasteiger partial charge in [0.25, 0.3) is 5.91 Å². The van der Waals surface area contributed by atoms with Crippen LogP contribution in [0.3, 0.4) is 0 Å². The quantitative estimate of drug-likeness (QED) is 0.330. The fraction of sp³-hybridized carbons (Fsp3) is 0.400. The first-order chi connectivity index (χ1) is 18.4. The van der Waals surface area contributed by atoms with Gasteiger partial charge in [-0.15, -0.1) is 0 Å². The maximum atomic E-state index is 12.7. The number of aliphatic hydroxyl groups is 2. The van der Waals surface area contributed by atoms with Gasteiger partial charge >= 0.3 is 0 Å². The number of hydrogen-bond acceptors (Lipinski definition) is 7. The van der Waals surface area contributed by atoms with Crippen molar-refractivity contribution in [2.75, 3.05) is 24.5 Å². The molecule has 3 heterocycles. The van der Waals surface area contributed by atoms with Crippen molar-refractivity contribution >= 4 is 27.9 Å². The number of furan rings is 1. The maximum absolute atomic E-state index is 12.7. The summed E-state index contributed by atoms with van der Waals surface area (Å²) < 4.78 is 11.4. The lowest BCUT2D eigenvalue weighted by Crippen LogP contribution is -2.42. The molecule has 2 saturated heterocycles. The van der Waals surface area contributed by atoms with Crippen LogP contribution in [-0.2, 0) is 9.53 Å². The molecule has 38 heavy (non-hydrogen) atoms. The zero-order chi connectivity index (χ0) is 26.6. The highest BCUT2D eigenvalue weighted by molar-refractivity contribution is 6.04. The molecule has 2 fully saturated rings. The van der Waals surface area contributed by atoms with E-state index >= 15 is 0 Å². The number of carbonyl (C=O) groups excluding carboxylic acids is 1. The third-order valence-electron chi connectivity index (χ3n) is 7.37. The summed E-state index contributed by atoms with van der Waals surface area (Å²) in [4.78, 5) is 15.2. The van der Waals surface area contributed by atoms with Gasteiger partial charge in [0.15, 0.2) is 6.29 Å². The molecule has 0 aliphatic carbocycles. The Morgan fingerprint density at radius 1 is 1.05 bits per heavy atom. The number of allylic oxidation sites excluding steroid dienone is 1. The monoisotopic (exact) mass is 515 g/mol. The van der Waals surface area contributed by atoms with Crippen molar-refractivity contribution < 1.29 is 24.2 Å². The summed E-state index contributed by atoms with van der Waals surface area (Å²) in [6.07, 6.45) is 1.94. The van der Waals surface area contributed by atoms with E-state index in [2.05, 4.69) is 40.5 Å². The molecule has 8 heteroatoms. The molecule has 0 saturated carbocycles. The normalized spacial score (nSPS) is 22.6. The molecule has 2 aliphatic heterocycles. The molecule has 0 spiro atoms. The van der Waals surface area contributed by atoms with Crippen LogP contribution in [0.25, 0.3) is 27.7 Å². The first-order valence-corrected chi connectivity index (χ1v) is 13.2. The number of amides is 1. The van der Waals surface area contributed by atoms with Gasteiger partial charge in [0.05, 0.1) is 12.2 Å². The molecule has 8 nitrogen and oxygen atoms in total. The van der Waals surface area contributed by atoms with E-state index in [1.165, 1.54) is 30.3 Å². The Morgan fingerprint density at radius 3 is 2.58 bits per heavy atom. The molecule has 3 aromatic rings. The number of ether oxygens (including phenoxy) is 1. The summed E-state index contributed by atoms with van der Waals surface area (Å²) in [6.45, 7) is 3.96. The van der Waals surface area contributed by atoms with Crippen LogP contribution >= 0.6 is 0 Å². The predicted molar refractivity (Wildman–Crippen MR) is 145 cm³/mol. The molecule has 3 N–H and O–H groups in total. The second-order valence-corrected chi connectivity index (χ2v) is 10.1.